The maximum absolute atomic E-state index is 2.52. The smallest absolute Gasteiger partial charge is 0.252 e. The second-order valence-corrected chi connectivity index (χ2v) is 15.0. The Bertz CT molecular complexity index is 2620. The fraction of sp³-hybridized carbons (Fsp3) is 0.0588. The highest BCUT2D eigenvalue weighted by Gasteiger charge is 2.44. The summed E-state index contributed by atoms with van der Waals surface area (Å²) in [7, 11) is 0. The zero-order valence-corrected chi connectivity index (χ0v) is 30.5. The number of hydrogen-bond donors (Lipinski definition) is 0. The van der Waals surface area contributed by atoms with Crippen LogP contribution in [0.2, 0.25) is 0 Å². The van der Waals surface area contributed by atoms with E-state index in [1.54, 1.807) is 0 Å². The summed E-state index contributed by atoms with van der Waals surface area (Å²) in [5.74, 6) is 0. The minimum absolute atomic E-state index is 0.0403. The van der Waals surface area contributed by atoms with Crippen molar-refractivity contribution in [2.75, 3.05) is 9.80 Å². The lowest BCUT2D eigenvalue weighted by Gasteiger charge is -2.45. The quantitative estimate of drug-likeness (QED) is 0.160. The van der Waals surface area contributed by atoms with Crippen molar-refractivity contribution in [3.63, 3.8) is 0 Å². The first kappa shape index (κ1) is 32.1. The number of fused-ring (bicyclic) bond motifs is 4. The third-order valence-corrected chi connectivity index (χ3v) is 11.5. The largest absolute Gasteiger partial charge is 0.311 e. The Balaban J connectivity index is 1.28. The molecule has 0 radical (unpaired) electrons. The van der Waals surface area contributed by atoms with E-state index in [4.69, 9.17) is 0 Å². The molecule has 0 saturated heterocycles. The van der Waals surface area contributed by atoms with Gasteiger partial charge < -0.3 is 9.80 Å². The van der Waals surface area contributed by atoms with Gasteiger partial charge in [0, 0.05) is 39.5 Å². The summed E-state index contributed by atoms with van der Waals surface area (Å²) in [5.41, 5.74) is 18.3. The van der Waals surface area contributed by atoms with E-state index >= 15 is 0 Å². The predicted molar refractivity (Wildman–Crippen MR) is 230 cm³/mol. The van der Waals surface area contributed by atoms with Gasteiger partial charge in [0.15, 0.2) is 0 Å². The minimum atomic E-state index is -0.262. The number of rotatable bonds is 6. The first-order chi connectivity index (χ1) is 26.6. The van der Waals surface area contributed by atoms with Gasteiger partial charge >= 0.3 is 0 Å². The van der Waals surface area contributed by atoms with Crippen molar-refractivity contribution < 1.29 is 0 Å². The summed E-state index contributed by atoms with van der Waals surface area (Å²) >= 11 is 0. The molecule has 0 aliphatic carbocycles. The van der Waals surface area contributed by atoms with Gasteiger partial charge in [-0.05, 0) is 98.3 Å². The Morgan fingerprint density at radius 3 is 1.44 bits per heavy atom. The zero-order chi connectivity index (χ0) is 36.2. The Hall–Kier alpha value is -6.58. The molecule has 8 aromatic carbocycles. The minimum Gasteiger partial charge on any atom is -0.311 e. The molecular weight excluding hydrogens is 651 g/mol. The monoisotopic (exact) mass is 690 g/mol. The van der Waals surface area contributed by atoms with Crippen LogP contribution in [0.15, 0.2) is 200 Å². The number of hydrogen-bond acceptors (Lipinski definition) is 2. The molecule has 0 unspecified atom stereocenters. The molecule has 0 atom stereocenters. The zero-order valence-electron chi connectivity index (χ0n) is 30.5. The van der Waals surface area contributed by atoms with Crippen molar-refractivity contribution in [3.8, 4) is 22.3 Å². The third kappa shape index (κ3) is 5.19. The summed E-state index contributed by atoms with van der Waals surface area (Å²) in [5, 5.41) is 0. The summed E-state index contributed by atoms with van der Waals surface area (Å²) in [6, 6.07) is 73.5. The molecule has 0 fully saturated rings. The molecule has 8 aromatic rings. The average Bonchev–Trinajstić information content (AvgIpc) is 3.24. The molecule has 0 N–H and O–H groups in total. The van der Waals surface area contributed by atoms with Gasteiger partial charge in [-0.1, -0.05) is 166 Å². The Kier molecular flexibility index (Phi) is 7.62. The molecular formula is C51H39BN2. The Morgan fingerprint density at radius 2 is 0.815 bits per heavy atom. The van der Waals surface area contributed by atoms with Crippen LogP contribution in [0.5, 0.6) is 0 Å². The standard InChI is InChI=1S/C51H39BN2/c1-51(2,40-21-11-5-12-22-40)41-34-48-50-49(35-41)54(43-30-27-38(28-31-43)36-17-7-3-8-18-36)47-32-29-39(37-19-9-4-10-20-37)33-45(47)52(50)44-25-15-16-26-46(44)53(48)42-23-13-6-14-24-42/h3-35H,1-2H3. The normalized spacial score (nSPS) is 12.9. The van der Waals surface area contributed by atoms with Crippen molar-refractivity contribution in [1.82, 2.24) is 0 Å². The fourth-order valence-electron chi connectivity index (χ4n) is 8.71. The van der Waals surface area contributed by atoms with Crippen LogP contribution >= 0.6 is 0 Å². The van der Waals surface area contributed by atoms with Crippen LogP contribution in [0.25, 0.3) is 22.3 Å². The second-order valence-electron chi connectivity index (χ2n) is 15.0. The lowest BCUT2D eigenvalue weighted by molar-refractivity contribution is 0.641. The van der Waals surface area contributed by atoms with Crippen LogP contribution in [0, 0.1) is 0 Å². The van der Waals surface area contributed by atoms with Gasteiger partial charge in [-0.15, -0.1) is 0 Å². The van der Waals surface area contributed by atoms with Crippen LogP contribution in [-0.4, -0.2) is 6.71 Å². The van der Waals surface area contributed by atoms with Crippen molar-refractivity contribution in [2.24, 2.45) is 0 Å². The van der Waals surface area contributed by atoms with E-state index in [9.17, 15) is 0 Å². The molecule has 2 heterocycles. The summed E-state index contributed by atoms with van der Waals surface area (Å²) in [6.07, 6.45) is 0. The Labute approximate surface area is 318 Å². The van der Waals surface area contributed by atoms with Gasteiger partial charge in [0.1, 0.15) is 0 Å². The number of benzene rings is 8. The van der Waals surface area contributed by atoms with Gasteiger partial charge in [-0.2, -0.15) is 0 Å². The van der Waals surface area contributed by atoms with Gasteiger partial charge in [0.25, 0.3) is 6.71 Å². The van der Waals surface area contributed by atoms with Crippen LogP contribution in [-0.2, 0) is 5.41 Å². The molecule has 10 rings (SSSR count). The van der Waals surface area contributed by atoms with Crippen molar-refractivity contribution in [1.29, 1.82) is 0 Å². The number of nitrogens with zero attached hydrogens (tertiary/aromatic N) is 2. The molecule has 0 saturated carbocycles. The van der Waals surface area contributed by atoms with Crippen LogP contribution < -0.4 is 26.2 Å². The van der Waals surface area contributed by atoms with E-state index in [0.717, 1.165) is 11.4 Å². The molecule has 2 aliphatic heterocycles. The summed E-state index contributed by atoms with van der Waals surface area (Å²) in [4.78, 5) is 5.02. The van der Waals surface area contributed by atoms with Crippen molar-refractivity contribution in [3.05, 3.63) is 211 Å². The van der Waals surface area contributed by atoms with Gasteiger partial charge in [0.2, 0.25) is 0 Å². The predicted octanol–water partition coefficient (Wildman–Crippen LogP) is 11.4. The third-order valence-electron chi connectivity index (χ3n) is 11.5. The maximum Gasteiger partial charge on any atom is 0.252 e. The first-order valence-corrected chi connectivity index (χ1v) is 18.9. The van der Waals surface area contributed by atoms with E-state index in [1.807, 2.05) is 0 Å². The molecule has 2 aliphatic rings. The summed E-state index contributed by atoms with van der Waals surface area (Å²) in [6.45, 7) is 4.76. The maximum atomic E-state index is 2.52. The van der Waals surface area contributed by atoms with E-state index in [0.29, 0.717) is 0 Å². The van der Waals surface area contributed by atoms with Crippen LogP contribution in [0.4, 0.5) is 34.1 Å². The molecule has 3 heteroatoms. The molecule has 0 bridgehead atoms. The van der Waals surface area contributed by atoms with E-state index in [1.165, 1.54) is 72.5 Å². The SMILES string of the molecule is CC(C)(c1ccccc1)c1cc2c3c(c1)N(c1ccc(-c4ccccc4)cc1)c1ccc(-c4ccccc4)cc1B3c1ccccc1N2c1ccccc1. The van der Waals surface area contributed by atoms with Gasteiger partial charge in [-0.3, -0.25) is 0 Å². The first-order valence-electron chi connectivity index (χ1n) is 18.9. The average molecular weight is 691 g/mol. The van der Waals surface area contributed by atoms with Gasteiger partial charge in [-0.25, -0.2) is 0 Å². The van der Waals surface area contributed by atoms with Gasteiger partial charge in [0.05, 0.1) is 0 Å². The molecule has 0 aromatic heterocycles. The van der Waals surface area contributed by atoms with E-state index in [2.05, 4.69) is 224 Å². The fourth-order valence-corrected chi connectivity index (χ4v) is 8.71. The van der Waals surface area contributed by atoms with E-state index < -0.39 is 0 Å². The highest BCUT2D eigenvalue weighted by molar-refractivity contribution is 7.00. The second kappa shape index (κ2) is 12.8. The summed E-state index contributed by atoms with van der Waals surface area (Å²) < 4.78 is 0. The molecule has 54 heavy (non-hydrogen) atoms. The highest BCUT2D eigenvalue weighted by atomic mass is 15.2. The topological polar surface area (TPSA) is 6.48 Å². The molecule has 0 amide bonds. The van der Waals surface area contributed by atoms with Crippen molar-refractivity contribution in [2.45, 2.75) is 19.3 Å². The Morgan fingerprint density at radius 1 is 0.352 bits per heavy atom. The highest BCUT2D eigenvalue weighted by Crippen LogP contribution is 2.47. The lowest BCUT2D eigenvalue weighted by atomic mass is 9.33. The number of anilines is 6. The molecule has 256 valence electrons. The number of para-hydroxylation sites is 2. The van der Waals surface area contributed by atoms with E-state index in [-0.39, 0.29) is 12.1 Å². The van der Waals surface area contributed by atoms with Crippen molar-refractivity contribution >= 4 is 57.2 Å². The van der Waals surface area contributed by atoms with Crippen LogP contribution in [0.3, 0.4) is 0 Å². The van der Waals surface area contributed by atoms with Crippen LogP contribution in [0.1, 0.15) is 25.0 Å². The molecule has 2 nitrogen and oxygen atoms in total. The molecule has 0 spiro atoms. The lowest BCUT2D eigenvalue weighted by Crippen LogP contribution is -2.61.